The lowest BCUT2D eigenvalue weighted by molar-refractivity contribution is -0.122. The lowest BCUT2D eigenvalue weighted by Gasteiger charge is -2.20. The number of fused-ring (bicyclic) bond motifs is 3. The molecule has 2 fully saturated rings. The van der Waals surface area contributed by atoms with Gasteiger partial charge in [-0.05, 0) is 61.1 Å². The predicted octanol–water partition coefficient (Wildman–Crippen LogP) is 2.90. The number of benzene rings is 1. The minimum Gasteiger partial charge on any atom is -0.454 e. The first-order valence-electron chi connectivity index (χ1n) is 8.43. The average molecular weight is 301 g/mol. The van der Waals surface area contributed by atoms with E-state index in [-0.39, 0.29) is 5.91 Å². The monoisotopic (exact) mass is 301 g/mol. The van der Waals surface area contributed by atoms with Crippen LogP contribution in [-0.4, -0.2) is 19.2 Å². The highest BCUT2D eigenvalue weighted by molar-refractivity contribution is 5.76. The molecule has 3 aliphatic rings. The van der Waals surface area contributed by atoms with Gasteiger partial charge in [0.05, 0.1) is 0 Å². The predicted molar refractivity (Wildman–Crippen MR) is 82.8 cm³/mol. The molecule has 2 aliphatic carbocycles. The van der Waals surface area contributed by atoms with Crippen molar-refractivity contribution in [2.24, 2.45) is 17.8 Å². The first-order valence-corrected chi connectivity index (χ1v) is 8.43. The number of hydrogen-bond acceptors (Lipinski definition) is 3. The van der Waals surface area contributed by atoms with Gasteiger partial charge in [-0.15, -0.1) is 0 Å². The van der Waals surface area contributed by atoms with Crippen molar-refractivity contribution in [3.05, 3.63) is 23.8 Å². The van der Waals surface area contributed by atoms with Gasteiger partial charge in [-0.2, -0.15) is 0 Å². The van der Waals surface area contributed by atoms with Crippen molar-refractivity contribution in [3.63, 3.8) is 0 Å². The Bertz CT molecular complexity index is 571. The molecule has 4 heteroatoms. The molecule has 1 amide bonds. The summed E-state index contributed by atoms with van der Waals surface area (Å²) in [7, 11) is 0. The molecule has 4 rings (SSSR count). The molecule has 0 unspecified atom stereocenters. The van der Waals surface area contributed by atoms with Gasteiger partial charge in [-0.3, -0.25) is 4.79 Å². The van der Waals surface area contributed by atoms with Crippen LogP contribution in [0.1, 0.15) is 37.7 Å². The number of amides is 1. The molecule has 4 nitrogen and oxygen atoms in total. The van der Waals surface area contributed by atoms with Crippen LogP contribution in [0.15, 0.2) is 18.2 Å². The Morgan fingerprint density at radius 1 is 1.18 bits per heavy atom. The third-order valence-corrected chi connectivity index (χ3v) is 5.50. The van der Waals surface area contributed by atoms with Crippen LogP contribution >= 0.6 is 0 Å². The van der Waals surface area contributed by atoms with Gasteiger partial charge in [0.25, 0.3) is 0 Å². The van der Waals surface area contributed by atoms with Crippen LogP contribution in [0.4, 0.5) is 0 Å². The van der Waals surface area contributed by atoms with Gasteiger partial charge in [0.15, 0.2) is 11.5 Å². The fourth-order valence-electron chi connectivity index (χ4n) is 4.38. The van der Waals surface area contributed by atoms with E-state index in [0.717, 1.165) is 36.2 Å². The van der Waals surface area contributed by atoms with E-state index in [1.807, 2.05) is 18.2 Å². The third kappa shape index (κ3) is 2.79. The number of nitrogens with one attached hydrogen (secondary N) is 1. The molecule has 1 aromatic carbocycles. The van der Waals surface area contributed by atoms with Crippen LogP contribution in [0.5, 0.6) is 11.5 Å². The molecule has 0 radical (unpaired) electrons. The topological polar surface area (TPSA) is 47.6 Å². The lowest BCUT2D eigenvalue weighted by atomic mass is 9.86. The van der Waals surface area contributed by atoms with E-state index in [2.05, 4.69) is 5.32 Å². The van der Waals surface area contributed by atoms with Gasteiger partial charge in [0.1, 0.15) is 0 Å². The van der Waals surface area contributed by atoms with Crippen molar-refractivity contribution >= 4 is 5.91 Å². The van der Waals surface area contributed by atoms with E-state index >= 15 is 0 Å². The quantitative estimate of drug-likeness (QED) is 0.909. The highest BCUT2D eigenvalue weighted by Crippen LogP contribution is 2.49. The van der Waals surface area contributed by atoms with Crippen LogP contribution in [0, 0.1) is 17.8 Å². The van der Waals surface area contributed by atoms with Crippen molar-refractivity contribution in [1.82, 2.24) is 5.32 Å². The molecule has 0 saturated heterocycles. The van der Waals surface area contributed by atoms with Gasteiger partial charge in [-0.1, -0.05) is 12.5 Å². The normalized spacial score (nSPS) is 28.1. The summed E-state index contributed by atoms with van der Waals surface area (Å²) in [6.07, 6.45) is 6.95. The molecule has 1 aliphatic heterocycles. The van der Waals surface area contributed by atoms with Crippen molar-refractivity contribution < 1.29 is 14.3 Å². The molecule has 118 valence electrons. The Labute approximate surface area is 131 Å². The summed E-state index contributed by atoms with van der Waals surface area (Å²) in [4.78, 5) is 12.1. The average Bonchev–Trinajstić information content (AvgIpc) is 3.22. The van der Waals surface area contributed by atoms with Crippen LogP contribution in [0.2, 0.25) is 0 Å². The summed E-state index contributed by atoms with van der Waals surface area (Å²) in [5.41, 5.74) is 1.17. The van der Waals surface area contributed by atoms with E-state index in [9.17, 15) is 4.79 Å². The minimum atomic E-state index is 0.221. The van der Waals surface area contributed by atoms with Crippen LogP contribution in [-0.2, 0) is 11.2 Å². The lowest BCUT2D eigenvalue weighted by Crippen LogP contribution is -2.29. The van der Waals surface area contributed by atoms with Crippen LogP contribution in [0.25, 0.3) is 0 Å². The zero-order chi connectivity index (χ0) is 14.9. The van der Waals surface area contributed by atoms with Gasteiger partial charge < -0.3 is 14.8 Å². The Balaban J connectivity index is 1.22. The van der Waals surface area contributed by atoms with Crippen molar-refractivity contribution in [3.8, 4) is 11.5 Å². The zero-order valence-corrected chi connectivity index (χ0v) is 12.8. The number of hydrogen-bond donors (Lipinski definition) is 1. The van der Waals surface area contributed by atoms with Gasteiger partial charge in [0.2, 0.25) is 12.7 Å². The minimum absolute atomic E-state index is 0.221. The van der Waals surface area contributed by atoms with Crippen molar-refractivity contribution in [2.45, 2.75) is 38.5 Å². The molecule has 1 heterocycles. The van der Waals surface area contributed by atoms with Crippen LogP contribution < -0.4 is 14.8 Å². The molecule has 1 N–H and O–H groups in total. The molecule has 22 heavy (non-hydrogen) atoms. The second-order valence-corrected chi connectivity index (χ2v) is 6.93. The van der Waals surface area contributed by atoms with Crippen LogP contribution in [0.3, 0.4) is 0 Å². The summed E-state index contributed by atoms with van der Waals surface area (Å²) >= 11 is 0. The second-order valence-electron chi connectivity index (χ2n) is 6.93. The smallest absolute Gasteiger partial charge is 0.231 e. The summed E-state index contributed by atoms with van der Waals surface area (Å²) in [5.74, 6) is 4.22. The first-order chi connectivity index (χ1) is 10.8. The summed E-state index contributed by atoms with van der Waals surface area (Å²) < 4.78 is 10.7. The fraction of sp³-hybridized carbons (Fsp3) is 0.611. The molecular weight excluding hydrogens is 278 g/mol. The molecule has 2 saturated carbocycles. The first kappa shape index (κ1) is 13.9. The maximum Gasteiger partial charge on any atom is 0.231 e. The molecule has 1 aromatic rings. The summed E-state index contributed by atoms with van der Waals surface area (Å²) in [5, 5.41) is 3.07. The van der Waals surface area contributed by atoms with E-state index in [0.29, 0.717) is 19.3 Å². The highest BCUT2D eigenvalue weighted by atomic mass is 16.7. The molecule has 0 aromatic heterocycles. The maximum atomic E-state index is 12.1. The fourth-order valence-corrected chi connectivity index (χ4v) is 4.38. The van der Waals surface area contributed by atoms with Crippen molar-refractivity contribution in [1.29, 1.82) is 0 Å². The highest BCUT2D eigenvalue weighted by Gasteiger charge is 2.39. The number of ether oxygens (including phenoxy) is 2. The Morgan fingerprint density at radius 3 is 2.91 bits per heavy atom. The third-order valence-electron chi connectivity index (χ3n) is 5.50. The number of rotatable bonds is 5. The SMILES string of the molecule is O=C(C[C@@H]1C[C@H]2CC[C@H]1C2)NCCc1ccc2c(c1)OCO2. The van der Waals surface area contributed by atoms with E-state index in [1.54, 1.807) is 0 Å². The Kier molecular flexibility index (Phi) is 3.68. The zero-order valence-electron chi connectivity index (χ0n) is 12.8. The van der Waals surface area contributed by atoms with Gasteiger partial charge >= 0.3 is 0 Å². The van der Waals surface area contributed by atoms with Crippen molar-refractivity contribution in [2.75, 3.05) is 13.3 Å². The largest absolute Gasteiger partial charge is 0.454 e. The molecule has 0 spiro atoms. The Hall–Kier alpha value is -1.71. The standard InChI is InChI=1S/C18H23NO3/c20-18(10-15-8-13-1-3-14(15)7-13)19-6-5-12-2-4-16-17(9-12)22-11-21-16/h2,4,9,13-15H,1,3,5-8,10-11H2,(H,19,20)/t13-,14-,15-/m0/s1. The van der Waals surface area contributed by atoms with E-state index < -0.39 is 0 Å². The van der Waals surface area contributed by atoms with Gasteiger partial charge in [0, 0.05) is 13.0 Å². The van der Waals surface area contributed by atoms with E-state index in [4.69, 9.17) is 9.47 Å². The summed E-state index contributed by atoms with van der Waals surface area (Å²) in [6.45, 7) is 0.998. The molecular formula is C18H23NO3. The number of carbonyl (C=O) groups is 1. The second kappa shape index (κ2) is 5.82. The maximum absolute atomic E-state index is 12.1. The summed E-state index contributed by atoms with van der Waals surface area (Å²) in [6, 6.07) is 5.98. The van der Waals surface area contributed by atoms with Gasteiger partial charge in [-0.25, -0.2) is 0 Å². The number of carbonyl (C=O) groups excluding carboxylic acids is 1. The Morgan fingerprint density at radius 2 is 2.09 bits per heavy atom. The molecule has 2 bridgehead atoms. The van der Waals surface area contributed by atoms with E-state index in [1.165, 1.54) is 31.2 Å². The molecule has 3 atom stereocenters.